The van der Waals surface area contributed by atoms with Crippen LogP contribution in [0.1, 0.15) is 48.0 Å². The van der Waals surface area contributed by atoms with Gasteiger partial charge in [0.25, 0.3) is 5.91 Å². The smallest absolute Gasteiger partial charge is 0.253 e. The van der Waals surface area contributed by atoms with Gasteiger partial charge in [-0.15, -0.1) is 10.2 Å². The van der Waals surface area contributed by atoms with Crippen LogP contribution >= 0.6 is 39.0 Å². The molecule has 1 aromatic carbocycles. The molecular formula is C19H25BrN4O2S2. The fourth-order valence-electron chi connectivity index (χ4n) is 2.51. The molecule has 0 spiro atoms. The number of aryl methyl sites for hydroxylation is 1. The van der Waals surface area contributed by atoms with Crippen molar-refractivity contribution in [3.05, 3.63) is 39.3 Å². The minimum absolute atomic E-state index is 0.272. The summed E-state index contributed by atoms with van der Waals surface area (Å²) >= 11 is 6.40. The lowest BCUT2D eigenvalue weighted by Gasteiger charge is -2.17. The molecule has 1 unspecified atom stereocenters. The summed E-state index contributed by atoms with van der Waals surface area (Å²) in [6.45, 7) is 2.16. The number of anilines is 1. The van der Waals surface area contributed by atoms with Crippen LogP contribution in [0.2, 0.25) is 0 Å². The van der Waals surface area contributed by atoms with Crippen LogP contribution in [0.3, 0.4) is 0 Å². The van der Waals surface area contributed by atoms with Crippen LogP contribution in [0.25, 0.3) is 0 Å². The zero-order valence-electron chi connectivity index (χ0n) is 16.0. The number of aromatic nitrogens is 2. The number of halogens is 1. The maximum absolute atomic E-state index is 12.7. The van der Waals surface area contributed by atoms with Crippen LogP contribution in [0.5, 0.6) is 0 Å². The number of carbonyl (C=O) groups excluding carboxylic acids is 2. The van der Waals surface area contributed by atoms with Crippen LogP contribution in [-0.2, 0) is 11.2 Å². The molecule has 0 saturated heterocycles. The van der Waals surface area contributed by atoms with E-state index in [9.17, 15) is 9.59 Å². The van der Waals surface area contributed by atoms with E-state index in [-0.39, 0.29) is 11.8 Å². The third-order valence-corrected chi connectivity index (χ3v) is 6.28. The molecule has 1 atom stereocenters. The molecule has 1 heterocycles. The number of rotatable bonds is 11. The lowest BCUT2D eigenvalue weighted by molar-refractivity contribution is -0.118. The Bertz CT molecular complexity index is 785. The van der Waals surface area contributed by atoms with Crippen molar-refractivity contribution in [1.29, 1.82) is 0 Å². The van der Waals surface area contributed by atoms with Gasteiger partial charge in [-0.3, -0.25) is 14.9 Å². The number of nitrogens with one attached hydrogen (secondary N) is 2. The molecule has 9 heteroatoms. The van der Waals surface area contributed by atoms with E-state index < -0.39 is 6.04 Å². The van der Waals surface area contributed by atoms with Gasteiger partial charge in [-0.05, 0) is 52.9 Å². The first kappa shape index (κ1) is 22.8. The van der Waals surface area contributed by atoms with E-state index in [1.54, 1.807) is 30.0 Å². The molecule has 0 bridgehead atoms. The molecule has 1 aromatic heterocycles. The minimum Gasteiger partial charge on any atom is -0.340 e. The Morgan fingerprint density at radius 1 is 1.25 bits per heavy atom. The van der Waals surface area contributed by atoms with Gasteiger partial charge in [-0.2, -0.15) is 11.8 Å². The van der Waals surface area contributed by atoms with Crippen molar-refractivity contribution in [1.82, 2.24) is 15.5 Å². The number of hydrogen-bond donors (Lipinski definition) is 2. The maximum atomic E-state index is 12.7. The van der Waals surface area contributed by atoms with E-state index in [1.165, 1.54) is 11.3 Å². The average Bonchev–Trinajstić information content (AvgIpc) is 3.12. The second kappa shape index (κ2) is 12.2. The van der Waals surface area contributed by atoms with Crippen LogP contribution in [0.4, 0.5) is 5.13 Å². The lowest BCUT2D eigenvalue weighted by atomic mass is 10.1. The van der Waals surface area contributed by atoms with Crippen molar-refractivity contribution in [3.63, 3.8) is 0 Å². The molecule has 2 N–H and O–H groups in total. The number of nitrogens with zero attached hydrogens (tertiary/aromatic N) is 2. The molecule has 0 aliphatic rings. The summed E-state index contributed by atoms with van der Waals surface area (Å²) in [4.78, 5) is 25.3. The lowest BCUT2D eigenvalue weighted by Crippen LogP contribution is -2.44. The molecule has 0 radical (unpaired) electrons. The van der Waals surface area contributed by atoms with Gasteiger partial charge in [0.1, 0.15) is 11.0 Å². The Hall–Kier alpha value is -1.45. The first-order valence-electron chi connectivity index (χ1n) is 9.22. The highest BCUT2D eigenvalue weighted by Crippen LogP contribution is 2.19. The van der Waals surface area contributed by atoms with Gasteiger partial charge < -0.3 is 5.32 Å². The molecule has 6 nitrogen and oxygen atoms in total. The number of amides is 2. The van der Waals surface area contributed by atoms with Crippen LogP contribution in [-0.4, -0.2) is 40.1 Å². The SMILES string of the molecule is CCCCCc1nnc(NC(=O)C(CCSC)NC(=O)c2ccccc2Br)s1. The first-order valence-corrected chi connectivity index (χ1v) is 12.2. The highest BCUT2D eigenvalue weighted by Gasteiger charge is 2.23. The predicted molar refractivity (Wildman–Crippen MR) is 120 cm³/mol. The number of unbranched alkanes of at least 4 members (excludes halogenated alkanes) is 2. The van der Waals surface area contributed by atoms with Crippen molar-refractivity contribution in [3.8, 4) is 0 Å². The van der Waals surface area contributed by atoms with Crippen molar-refractivity contribution in [2.45, 2.75) is 45.1 Å². The molecule has 2 amide bonds. The molecule has 0 aliphatic carbocycles. The fraction of sp³-hybridized carbons (Fsp3) is 0.474. The second-order valence-corrected chi connectivity index (χ2v) is 9.14. The normalized spacial score (nSPS) is 11.8. The predicted octanol–water partition coefficient (Wildman–Crippen LogP) is 4.52. The molecule has 0 fully saturated rings. The van der Waals surface area contributed by atoms with E-state index in [2.05, 4.69) is 43.7 Å². The average molecular weight is 485 g/mol. The summed E-state index contributed by atoms with van der Waals surface area (Å²) in [5.74, 6) is 0.198. The summed E-state index contributed by atoms with van der Waals surface area (Å²) in [5, 5.41) is 15.2. The Labute approximate surface area is 182 Å². The Morgan fingerprint density at radius 3 is 2.75 bits per heavy atom. The maximum Gasteiger partial charge on any atom is 0.253 e. The van der Waals surface area contributed by atoms with Gasteiger partial charge in [0.05, 0.1) is 5.56 Å². The van der Waals surface area contributed by atoms with Crippen LogP contribution < -0.4 is 10.6 Å². The molecule has 28 heavy (non-hydrogen) atoms. The zero-order chi connectivity index (χ0) is 20.4. The van der Waals surface area contributed by atoms with Gasteiger partial charge in [0.2, 0.25) is 11.0 Å². The zero-order valence-corrected chi connectivity index (χ0v) is 19.3. The standard InChI is InChI=1S/C19H25BrN4O2S2/c1-3-4-5-10-16-23-24-19(28-16)22-18(26)15(11-12-27-2)21-17(25)13-8-6-7-9-14(13)20/h6-9,15H,3-5,10-12H2,1-2H3,(H,21,25)(H,22,24,26). The molecule has 2 rings (SSSR count). The monoisotopic (exact) mass is 484 g/mol. The number of carbonyl (C=O) groups is 2. The quantitative estimate of drug-likeness (QED) is 0.457. The summed E-state index contributed by atoms with van der Waals surface area (Å²) in [5.41, 5.74) is 0.499. The van der Waals surface area contributed by atoms with E-state index in [0.717, 1.165) is 36.4 Å². The highest BCUT2D eigenvalue weighted by atomic mass is 79.9. The Kier molecular flexibility index (Phi) is 9.94. The number of thioether (sulfide) groups is 1. The number of benzene rings is 1. The van der Waals surface area contributed by atoms with Crippen molar-refractivity contribution < 1.29 is 9.59 Å². The molecule has 0 aliphatic heterocycles. The summed E-state index contributed by atoms with van der Waals surface area (Å²) in [6, 6.07) is 6.51. The Morgan fingerprint density at radius 2 is 2.04 bits per heavy atom. The largest absolute Gasteiger partial charge is 0.340 e. The fourth-order valence-corrected chi connectivity index (χ4v) is 4.23. The number of hydrogen-bond acceptors (Lipinski definition) is 6. The van der Waals surface area contributed by atoms with Gasteiger partial charge >= 0.3 is 0 Å². The van der Waals surface area contributed by atoms with Crippen molar-refractivity contribution >= 4 is 56.0 Å². The van der Waals surface area contributed by atoms with E-state index in [1.807, 2.05) is 12.3 Å². The second-order valence-electron chi connectivity index (χ2n) is 6.23. The van der Waals surface area contributed by atoms with E-state index in [4.69, 9.17) is 0 Å². The molecule has 0 saturated carbocycles. The third kappa shape index (κ3) is 7.18. The minimum atomic E-state index is -0.639. The summed E-state index contributed by atoms with van der Waals surface area (Å²) in [6.07, 6.45) is 6.74. The highest BCUT2D eigenvalue weighted by molar-refractivity contribution is 9.10. The molecule has 2 aromatic rings. The Balaban J connectivity index is 2.00. The van der Waals surface area contributed by atoms with E-state index in [0.29, 0.717) is 21.6 Å². The van der Waals surface area contributed by atoms with E-state index >= 15 is 0 Å². The van der Waals surface area contributed by atoms with Gasteiger partial charge in [-0.1, -0.05) is 43.2 Å². The summed E-state index contributed by atoms with van der Waals surface area (Å²) < 4.78 is 0.692. The van der Waals surface area contributed by atoms with Gasteiger partial charge in [0, 0.05) is 10.9 Å². The van der Waals surface area contributed by atoms with Crippen molar-refractivity contribution in [2.24, 2.45) is 0 Å². The topological polar surface area (TPSA) is 84.0 Å². The van der Waals surface area contributed by atoms with Gasteiger partial charge in [0.15, 0.2) is 0 Å². The van der Waals surface area contributed by atoms with Crippen molar-refractivity contribution in [2.75, 3.05) is 17.3 Å². The van der Waals surface area contributed by atoms with Crippen LogP contribution in [0, 0.1) is 0 Å². The third-order valence-electron chi connectivity index (χ3n) is 4.04. The molecule has 152 valence electrons. The van der Waals surface area contributed by atoms with Gasteiger partial charge in [-0.25, -0.2) is 0 Å². The first-order chi connectivity index (χ1) is 13.5. The molecular weight excluding hydrogens is 460 g/mol. The summed E-state index contributed by atoms with van der Waals surface area (Å²) in [7, 11) is 0. The van der Waals surface area contributed by atoms with Crippen LogP contribution in [0.15, 0.2) is 28.7 Å².